The largest absolute Gasteiger partial charge is 0.481 e. The zero-order valence-electron chi connectivity index (χ0n) is 8.69. The van der Waals surface area contributed by atoms with Crippen molar-refractivity contribution < 1.29 is 14.7 Å². The third-order valence-electron chi connectivity index (χ3n) is 2.92. The maximum absolute atomic E-state index is 11.5. The Morgan fingerprint density at radius 3 is 2.86 bits per heavy atom. The van der Waals surface area contributed by atoms with E-state index < -0.39 is 5.97 Å². The van der Waals surface area contributed by atoms with Gasteiger partial charge in [-0.1, -0.05) is 6.92 Å². The molecule has 0 aliphatic carbocycles. The van der Waals surface area contributed by atoms with Gasteiger partial charge in [-0.25, -0.2) is 0 Å². The zero-order chi connectivity index (χ0) is 10.7. The minimum Gasteiger partial charge on any atom is -0.481 e. The summed E-state index contributed by atoms with van der Waals surface area (Å²) in [6, 6.07) is 0.157. The number of carbonyl (C=O) groups excluding carboxylic acids is 1. The summed E-state index contributed by atoms with van der Waals surface area (Å²) in [5.41, 5.74) is 0. The summed E-state index contributed by atoms with van der Waals surface area (Å²) in [4.78, 5) is 24.0. The van der Waals surface area contributed by atoms with Gasteiger partial charge in [-0.15, -0.1) is 0 Å². The van der Waals surface area contributed by atoms with Crippen LogP contribution in [0.25, 0.3) is 0 Å². The van der Waals surface area contributed by atoms with Crippen molar-refractivity contribution in [2.75, 3.05) is 6.54 Å². The van der Waals surface area contributed by atoms with Gasteiger partial charge in [0.2, 0.25) is 5.91 Å². The van der Waals surface area contributed by atoms with Gasteiger partial charge in [0, 0.05) is 19.0 Å². The second-order valence-electron chi connectivity index (χ2n) is 3.88. The highest BCUT2D eigenvalue weighted by Crippen LogP contribution is 2.20. The molecule has 1 heterocycles. The average Bonchev–Trinajstić information content (AvgIpc) is 2.17. The number of hydrogen-bond donors (Lipinski definition) is 1. The molecule has 0 bridgehead atoms. The molecule has 2 unspecified atom stereocenters. The van der Waals surface area contributed by atoms with Crippen molar-refractivity contribution in [1.82, 2.24) is 4.90 Å². The van der Waals surface area contributed by atoms with Crippen molar-refractivity contribution >= 4 is 11.9 Å². The maximum atomic E-state index is 11.5. The molecule has 1 aliphatic rings. The second kappa shape index (κ2) is 4.44. The number of hydrogen-bond acceptors (Lipinski definition) is 2. The number of likely N-dealkylation sites (tertiary alicyclic amines) is 1. The fourth-order valence-electron chi connectivity index (χ4n) is 1.72. The fourth-order valence-corrected chi connectivity index (χ4v) is 1.72. The number of nitrogens with zero attached hydrogens (tertiary/aromatic N) is 1. The van der Waals surface area contributed by atoms with Crippen molar-refractivity contribution in [3.05, 3.63) is 0 Å². The number of piperidine rings is 1. The first-order valence-electron chi connectivity index (χ1n) is 5.08. The molecule has 0 radical (unpaired) electrons. The van der Waals surface area contributed by atoms with Gasteiger partial charge in [0.1, 0.15) is 0 Å². The monoisotopic (exact) mass is 199 g/mol. The predicted molar refractivity (Wildman–Crippen MR) is 51.8 cm³/mol. The standard InChI is InChI=1S/C10H17NO3/c1-3-7(2)11-6-8(10(13)14)4-5-9(11)12/h7-8H,3-6H2,1-2H3,(H,13,14). The van der Waals surface area contributed by atoms with Gasteiger partial charge in [-0.2, -0.15) is 0 Å². The van der Waals surface area contributed by atoms with E-state index in [1.807, 2.05) is 13.8 Å². The molecule has 1 aliphatic heterocycles. The summed E-state index contributed by atoms with van der Waals surface area (Å²) in [5, 5.41) is 8.86. The quantitative estimate of drug-likeness (QED) is 0.740. The van der Waals surface area contributed by atoms with E-state index in [4.69, 9.17) is 5.11 Å². The highest BCUT2D eigenvalue weighted by Gasteiger charge is 2.31. The van der Waals surface area contributed by atoms with Gasteiger partial charge < -0.3 is 10.0 Å². The Morgan fingerprint density at radius 1 is 1.71 bits per heavy atom. The molecule has 1 rings (SSSR count). The molecule has 0 saturated carbocycles. The van der Waals surface area contributed by atoms with E-state index in [0.717, 1.165) is 6.42 Å². The summed E-state index contributed by atoms with van der Waals surface area (Å²) >= 11 is 0. The number of carbonyl (C=O) groups is 2. The van der Waals surface area contributed by atoms with Gasteiger partial charge in [-0.3, -0.25) is 9.59 Å². The Hall–Kier alpha value is -1.06. The smallest absolute Gasteiger partial charge is 0.308 e. The Balaban J connectivity index is 2.64. The van der Waals surface area contributed by atoms with Crippen LogP contribution in [0.1, 0.15) is 33.1 Å². The van der Waals surface area contributed by atoms with E-state index in [2.05, 4.69) is 0 Å². The van der Waals surface area contributed by atoms with Crippen molar-refractivity contribution in [3.63, 3.8) is 0 Å². The lowest BCUT2D eigenvalue weighted by molar-refractivity contribution is -0.148. The average molecular weight is 199 g/mol. The van der Waals surface area contributed by atoms with Crippen LogP contribution in [0.15, 0.2) is 0 Å². The van der Waals surface area contributed by atoms with Crippen LogP contribution in [-0.4, -0.2) is 34.5 Å². The van der Waals surface area contributed by atoms with Crippen molar-refractivity contribution in [2.24, 2.45) is 5.92 Å². The molecular formula is C10H17NO3. The molecule has 0 spiro atoms. The van der Waals surface area contributed by atoms with Crippen LogP contribution in [0.2, 0.25) is 0 Å². The van der Waals surface area contributed by atoms with Gasteiger partial charge in [-0.05, 0) is 19.8 Å². The zero-order valence-corrected chi connectivity index (χ0v) is 8.69. The molecule has 0 aromatic carbocycles. The molecule has 1 amide bonds. The van der Waals surface area contributed by atoms with Crippen molar-refractivity contribution in [1.29, 1.82) is 0 Å². The Kier molecular flexibility index (Phi) is 3.49. The lowest BCUT2D eigenvalue weighted by Gasteiger charge is -2.34. The molecule has 4 nitrogen and oxygen atoms in total. The molecule has 0 aromatic heterocycles. The summed E-state index contributed by atoms with van der Waals surface area (Å²) in [5.74, 6) is -1.07. The summed E-state index contributed by atoms with van der Waals surface area (Å²) in [6.45, 7) is 4.34. The van der Waals surface area contributed by atoms with Gasteiger partial charge >= 0.3 is 5.97 Å². The molecule has 2 atom stereocenters. The topological polar surface area (TPSA) is 57.6 Å². The molecule has 4 heteroatoms. The number of aliphatic carboxylic acids is 1. The second-order valence-corrected chi connectivity index (χ2v) is 3.88. The highest BCUT2D eigenvalue weighted by molar-refractivity contribution is 5.80. The van der Waals surface area contributed by atoms with Crippen molar-refractivity contribution in [2.45, 2.75) is 39.2 Å². The first-order valence-corrected chi connectivity index (χ1v) is 5.08. The third-order valence-corrected chi connectivity index (χ3v) is 2.92. The summed E-state index contributed by atoms with van der Waals surface area (Å²) in [6.07, 6.45) is 1.74. The van der Waals surface area contributed by atoms with Crippen LogP contribution in [0.3, 0.4) is 0 Å². The van der Waals surface area contributed by atoms with E-state index in [9.17, 15) is 9.59 Å². The normalized spacial score (nSPS) is 24.9. The number of carboxylic acids is 1. The lowest BCUT2D eigenvalue weighted by atomic mass is 9.96. The molecule has 0 aromatic rings. The molecular weight excluding hydrogens is 182 g/mol. The minimum atomic E-state index is -0.786. The molecule has 1 saturated heterocycles. The Labute approximate surface area is 83.9 Å². The molecule has 14 heavy (non-hydrogen) atoms. The van der Waals surface area contributed by atoms with Crippen LogP contribution in [0.4, 0.5) is 0 Å². The number of rotatable bonds is 3. The van der Waals surface area contributed by atoms with E-state index in [1.165, 1.54) is 0 Å². The fraction of sp³-hybridized carbons (Fsp3) is 0.800. The molecule has 80 valence electrons. The van der Waals surface area contributed by atoms with Crippen LogP contribution in [0, 0.1) is 5.92 Å². The first kappa shape index (κ1) is 11.0. The third kappa shape index (κ3) is 2.25. The maximum Gasteiger partial charge on any atom is 0.308 e. The summed E-state index contributed by atoms with van der Waals surface area (Å²) < 4.78 is 0. The SMILES string of the molecule is CCC(C)N1CC(C(=O)O)CCC1=O. The van der Waals surface area contributed by atoms with Crippen LogP contribution in [0.5, 0.6) is 0 Å². The van der Waals surface area contributed by atoms with Gasteiger partial charge in [0.15, 0.2) is 0 Å². The van der Waals surface area contributed by atoms with Gasteiger partial charge in [0.05, 0.1) is 5.92 Å². The van der Waals surface area contributed by atoms with Crippen LogP contribution in [-0.2, 0) is 9.59 Å². The van der Waals surface area contributed by atoms with E-state index in [1.54, 1.807) is 4.90 Å². The van der Waals surface area contributed by atoms with E-state index in [-0.39, 0.29) is 17.9 Å². The highest BCUT2D eigenvalue weighted by atomic mass is 16.4. The lowest BCUT2D eigenvalue weighted by Crippen LogP contribution is -2.46. The van der Waals surface area contributed by atoms with E-state index >= 15 is 0 Å². The Bertz CT molecular complexity index is 240. The number of carboxylic acid groups (broad SMARTS) is 1. The molecule has 1 fully saturated rings. The predicted octanol–water partition coefficient (Wildman–Crippen LogP) is 1.11. The number of amides is 1. The van der Waals surface area contributed by atoms with Crippen LogP contribution >= 0.6 is 0 Å². The van der Waals surface area contributed by atoms with E-state index in [0.29, 0.717) is 19.4 Å². The minimum absolute atomic E-state index is 0.0943. The van der Waals surface area contributed by atoms with Crippen LogP contribution < -0.4 is 0 Å². The van der Waals surface area contributed by atoms with Gasteiger partial charge in [0.25, 0.3) is 0 Å². The summed E-state index contributed by atoms with van der Waals surface area (Å²) in [7, 11) is 0. The molecule has 1 N–H and O–H groups in total. The Morgan fingerprint density at radius 2 is 2.36 bits per heavy atom. The van der Waals surface area contributed by atoms with Crippen molar-refractivity contribution in [3.8, 4) is 0 Å². The first-order chi connectivity index (χ1) is 6.56.